The summed E-state index contributed by atoms with van der Waals surface area (Å²) in [4.78, 5) is 11.3. The van der Waals surface area contributed by atoms with Gasteiger partial charge < -0.3 is 14.4 Å². The number of carboxylic acid groups (broad SMARTS) is 1. The van der Waals surface area contributed by atoms with Crippen molar-refractivity contribution in [1.82, 2.24) is 4.57 Å². The van der Waals surface area contributed by atoms with Crippen LogP contribution in [0.4, 0.5) is 0 Å². The van der Waals surface area contributed by atoms with Crippen LogP contribution in [0.25, 0.3) is 10.9 Å². The normalized spacial score (nSPS) is 11.6. The number of ether oxygens (including phenoxy) is 1. The Bertz CT molecular complexity index is 881. The number of aromatic nitrogens is 1. The van der Waals surface area contributed by atoms with Gasteiger partial charge >= 0.3 is 5.97 Å². The predicted octanol–water partition coefficient (Wildman–Crippen LogP) is 4.59. The van der Waals surface area contributed by atoms with Crippen molar-refractivity contribution < 1.29 is 14.6 Å². The van der Waals surface area contributed by atoms with E-state index in [1.807, 2.05) is 48.7 Å². The van der Waals surface area contributed by atoms with Crippen molar-refractivity contribution in [3.8, 4) is 5.75 Å². The van der Waals surface area contributed by atoms with Crippen LogP contribution < -0.4 is 4.74 Å². The Labute approximate surface area is 145 Å². The van der Waals surface area contributed by atoms with Crippen molar-refractivity contribution in [1.29, 1.82) is 0 Å². The van der Waals surface area contributed by atoms with Gasteiger partial charge in [-0.3, -0.25) is 0 Å². The Morgan fingerprint density at radius 3 is 2.54 bits per heavy atom. The summed E-state index contributed by atoms with van der Waals surface area (Å²) >= 11 is 5.93. The molecule has 3 rings (SSSR count). The highest BCUT2D eigenvalue weighted by Gasteiger charge is 2.30. The number of benzene rings is 2. The van der Waals surface area contributed by atoms with E-state index in [1.165, 1.54) is 0 Å². The molecule has 0 atom stereocenters. The van der Waals surface area contributed by atoms with Crippen molar-refractivity contribution in [2.75, 3.05) is 0 Å². The molecule has 0 aliphatic rings. The van der Waals surface area contributed by atoms with Crippen LogP contribution in [-0.4, -0.2) is 21.2 Å². The fraction of sp³-hybridized carbons (Fsp3) is 0.211. The highest BCUT2D eigenvalue weighted by molar-refractivity contribution is 6.30. The van der Waals surface area contributed by atoms with Crippen LogP contribution in [-0.2, 0) is 11.3 Å². The van der Waals surface area contributed by atoms with Crippen LogP contribution >= 0.6 is 11.6 Å². The topological polar surface area (TPSA) is 51.5 Å². The number of carboxylic acids is 1. The standard InChI is InChI=1S/C19H18ClNO3/c1-19(2,18(22)23)24-17-5-3-4-16-15(17)10-11-21(16)12-13-6-8-14(20)9-7-13/h3-11H,12H2,1-2H3,(H,22,23). The lowest BCUT2D eigenvalue weighted by molar-refractivity contribution is -0.152. The fourth-order valence-corrected chi connectivity index (χ4v) is 2.65. The van der Waals surface area contributed by atoms with Gasteiger partial charge in [-0.2, -0.15) is 0 Å². The van der Waals surface area contributed by atoms with Crippen molar-refractivity contribution in [2.24, 2.45) is 0 Å². The second kappa shape index (κ2) is 6.21. The third-order valence-electron chi connectivity index (χ3n) is 3.92. The van der Waals surface area contributed by atoms with E-state index in [1.54, 1.807) is 19.9 Å². The number of nitrogens with zero attached hydrogens (tertiary/aromatic N) is 1. The van der Waals surface area contributed by atoms with Gasteiger partial charge in [-0.1, -0.05) is 29.8 Å². The van der Waals surface area contributed by atoms with E-state index < -0.39 is 11.6 Å². The summed E-state index contributed by atoms with van der Waals surface area (Å²) in [6.45, 7) is 3.78. The first-order valence-corrected chi connectivity index (χ1v) is 7.99. The van der Waals surface area contributed by atoms with E-state index in [0.717, 1.165) is 16.5 Å². The third-order valence-corrected chi connectivity index (χ3v) is 4.17. The van der Waals surface area contributed by atoms with Crippen LogP contribution in [0.15, 0.2) is 54.7 Å². The van der Waals surface area contributed by atoms with Gasteiger partial charge in [0.15, 0.2) is 5.60 Å². The summed E-state index contributed by atoms with van der Waals surface area (Å²) in [5.74, 6) is -0.435. The first kappa shape index (κ1) is 16.4. The zero-order chi connectivity index (χ0) is 17.3. The van der Waals surface area contributed by atoms with Gasteiger partial charge in [0.05, 0.1) is 5.52 Å². The molecule has 2 aromatic carbocycles. The van der Waals surface area contributed by atoms with Crippen molar-refractivity contribution in [3.63, 3.8) is 0 Å². The molecule has 124 valence electrons. The summed E-state index contributed by atoms with van der Waals surface area (Å²) in [5.41, 5.74) is 0.838. The van der Waals surface area contributed by atoms with Crippen LogP contribution in [0, 0.1) is 0 Å². The van der Waals surface area contributed by atoms with E-state index in [4.69, 9.17) is 16.3 Å². The maximum absolute atomic E-state index is 11.3. The highest BCUT2D eigenvalue weighted by Crippen LogP contribution is 2.30. The smallest absolute Gasteiger partial charge is 0.347 e. The van der Waals surface area contributed by atoms with Crippen LogP contribution in [0.3, 0.4) is 0 Å². The summed E-state index contributed by atoms with van der Waals surface area (Å²) < 4.78 is 7.82. The average molecular weight is 344 g/mol. The first-order chi connectivity index (χ1) is 11.4. The summed E-state index contributed by atoms with van der Waals surface area (Å²) in [6, 6.07) is 15.3. The predicted molar refractivity (Wildman–Crippen MR) is 94.8 cm³/mol. The Balaban J connectivity index is 1.94. The average Bonchev–Trinajstić information content (AvgIpc) is 2.93. The van der Waals surface area contributed by atoms with E-state index in [9.17, 15) is 9.90 Å². The maximum Gasteiger partial charge on any atom is 0.347 e. The fourth-order valence-electron chi connectivity index (χ4n) is 2.53. The molecule has 0 radical (unpaired) electrons. The number of carbonyl (C=O) groups is 1. The summed E-state index contributed by atoms with van der Waals surface area (Å²) in [6.07, 6.45) is 1.97. The second-order valence-corrected chi connectivity index (χ2v) is 6.61. The summed E-state index contributed by atoms with van der Waals surface area (Å²) in [7, 11) is 0. The van der Waals surface area contributed by atoms with Gasteiger partial charge in [-0.05, 0) is 49.7 Å². The number of halogens is 1. The Kier molecular flexibility index (Phi) is 4.24. The molecular weight excluding hydrogens is 326 g/mol. The molecule has 1 aromatic heterocycles. The molecule has 3 aromatic rings. The van der Waals surface area contributed by atoms with Gasteiger partial charge in [0.25, 0.3) is 0 Å². The molecule has 0 aliphatic heterocycles. The number of fused-ring (bicyclic) bond motifs is 1. The Morgan fingerprint density at radius 1 is 1.17 bits per heavy atom. The third kappa shape index (κ3) is 3.24. The van der Waals surface area contributed by atoms with Crippen molar-refractivity contribution in [2.45, 2.75) is 26.0 Å². The van der Waals surface area contributed by atoms with Gasteiger partial charge in [-0.15, -0.1) is 0 Å². The molecule has 0 saturated heterocycles. The molecule has 0 bridgehead atoms. The van der Waals surface area contributed by atoms with Crippen molar-refractivity contribution >= 4 is 28.5 Å². The minimum atomic E-state index is -1.29. The van der Waals surface area contributed by atoms with Gasteiger partial charge in [0.1, 0.15) is 5.75 Å². The maximum atomic E-state index is 11.3. The molecule has 0 amide bonds. The quantitative estimate of drug-likeness (QED) is 0.737. The lowest BCUT2D eigenvalue weighted by Gasteiger charge is -2.22. The number of hydrogen-bond donors (Lipinski definition) is 1. The summed E-state index contributed by atoms with van der Waals surface area (Å²) in [5, 5.41) is 10.9. The SMILES string of the molecule is CC(C)(Oc1cccc2c1ccn2Cc1ccc(Cl)cc1)C(=O)O. The second-order valence-electron chi connectivity index (χ2n) is 6.18. The van der Waals surface area contributed by atoms with Gasteiger partial charge in [-0.25, -0.2) is 4.79 Å². The molecule has 0 unspecified atom stereocenters. The lowest BCUT2D eigenvalue weighted by Crippen LogP contribution is -2.37. The number of hydrogen-bond acceptors (Lipinski definition) is 2. The molecular formula is C19H18ClNO3. The van der Waals surface area contributed by atoms with Crippen LogP contribution in [0.2, 0.25) is 5.02 Å². The number of rotatable bonds is 5. The zero-order valence-electron chi connectivity index (χ0n) is 13.5. The van der Waals surface area contributed by atoms with Gasteiger partial charge in [0.2, 0.25) is 0 Å². The molecule has 0 aliphatic carbocycles. The van der Waals surface area contributed by atoms with E-state index >= 15 is 0 Å². The van der Waals surface area contributed by atoms with E-state index in [-0.39, 0.29) is 0 Å². The molecule has 0 spiro atoms. The monoisotopic (exact) mass is 343 g/mol. The minimum Gasteiger partial charge on any atom is -0.478 e. The van der Waals surface area contributed by atoms with E-state index in [0.29, 0.717) is 17.3 Å². The molecule has 24 heavy (non-hydrogen) atoms. The van der Waals surface area contributed by atoms with Crippen LogP contribution in [0.5, 0.6) is 5.75 Å². The largest absolute Gasteiger partial charge is 0.478 e. The number of aliphatic carboxylic acids is 1. The molecule has 1 N–H and O–H groups in total. The van der Waals surface area contributed by atoms with Gasteiger partial charge in [0, 0.05) is 23.2 Å². The molecule has 0 saturated carbocycles. The Hall–Kier alpha value is -2.46. The molecule has 4 nitrogen and oxygen atoms in total. The molecule has 5 heteroatoms. The Morgan fingerprint density at radius 2 is 1.88 bits per heavy atom. The van der Waals surface area contributed by atoms with E-state index in [2.05, 4.69) is 4.57 Å². The highest BCUT2D eigenvalue weighted by atomic mass is 35.5. The van der Waals surface area contributed by atoms with Crippen molar-refractivity contribution in [3.05, 3.63) is 65.3 Å². The molecule has 0 fully saturated rings. The van der Waals surface area contributed by atoms with Crippen LogP contribution in [0.1, 0.15) is 19.4 Å². The molecule has 1 heterocycles. The zero-order valence-corrected chi connectivity index (χ0v) is 14.2. The lowest BCUT2D eigenvalue weighted by atomic mass is 10.1. The first-order valence-electron chi connectivity index (χ1n) is 7.61. The minimum absolute atomic E-state index is 0.565.